The van der Waals surface area contributed by atoms with Gasteiger partial charge in [0.1, 0.15) is 11.5 Å². The zero-order chi connectivity index (χ0) is 22.8. The molecule has 2 atom stereocenters. The summed E-state index contributed by atoms with van der Waals surface area (Å²) in [5.41, 5.74) is 4.92. The Kier molecular flexibility index (Phi) is 11.6. The van der Waals surface area contributed by atoms with Crippen LogP contribution in [0.2, 0.25) is 0 Å². The number of aromatic nitrogens is 1. The molecule has 0 radical (unpaired) electrons. The van der Waals surface area contributed by atoms with Crippen molar-refractivity contribution in [3.8, 4) is 17.3 Å². The number of hydrogen-bond donors (Lipinski definition) is 1. The fourth-order valence-electron chi connectivity index (χ4n) is 3.55. The molecule has 0 saturated carbocycles. The van der Waals surface area contributed by atoms with E-state index in [9.17, 15) is 28.9 Å². The normalized spacial score (nSPS) is 13.3. The number of rotatable bonds is 6. The van der Waals surface area contributed by atoms with Gasteiger partial charge in [0, 0.05) is 29.6 Å². The first-order valence-electron chi connectivity index (χ1n) is 9.69. The maximum Gasteiger partial charge on any atom is 1.00 e. The molecular weight excluding hydrogens is 466 g/mol. The fraction of sp³-hybridized carbons (Fsp3) is 0.261. The van der Waals surface area contributed by atoms with Crippen molar-refractivity contribution in [3.05, 3.63) is 65.6 Å². The molecule has 3 aromatic rings. The Morgan fingerprint density at radius 3 is 2.33 bits per heavy atom. The summed E-state index contributed by atoms with van der Waals surface area (Å²) >= 11 is 0. The molecule has 0 fully saturated rings. The van der Waals surface area contributed by atoms with Crippen molar-refractivity contribution in [1.82, 2.24) is 4.57 Å². The first-order valence-corrected chi connectivity index (χ1v) is 11.5. The molecule has 3 rings (SSSR count). The number of para-hydroxylation sites is 1. The standard InChI is InChI=1S/C23H23FNO5P.2Na/c1-15(2)23-19-5-3-4-6-20(19)25(17-9-7-16(24)8-10-17)21(23)11-12-31(29,30)14-18(26)13-22(27)28;;/h3-10,15,18,26H,13-14H2,1-2H3,(H,27,28)(H,29,30);;/q;2*+1/p-2. The molecule has 1 heterocycles. The summed E-state index contributed by atoms with van der Waals surface area (Å²) < 4.78 is 27.7. The molecule has 1 N–H and O–H groups in total. The first kappa shape index (κ1) is 30.1. The van der Waals surface area contributed by atoms with Gasteiger partial charge in [-0.25, -0.2) is 4.39 Å². The number of carbonyl (C=O) groups is 1. The SMILES string of the molecule is CC(C)c1c(C#CP(=O)([O-])CC(O)CC(=O)[O-])n(-c2ccc(F)cc2)c2ccccc12.[Na+].[Na+]. The van der Waals surface area contributed by atoms with E-state index >= 15 is 0 Å². The summed E-state index contributed by atoms with van der Waals surface area (Å²) in [5, 5.41) is 21.1. The molecular formula is C23H21FNNa2O5P. The van der Waals surface area contributed by atoms with Crippen molar-refractivity contribution >= 4 is 24.2 Å². The smallest absolute Gasteiger partial charge is 0.790 e. The van der Waals surface area contributed by atoms with Gasteiger partial charge >= 0.3 is 59.1 Å². The third kappa shape index (κ3) is 7.53. The van der Waals surface area contributed by atoms with E-state index in [0.717, 1.165) is 16.5 Å². The zero-order valence-electron chi connectivity index (χ0n) is 19.0. The van der Waals surface area contributed by atoms with E-state index in [1.54, 1.807) is 16.7 Å². The number of carboxylic acids is 1. The monoisotopic (exact) mass is 487 g/mol. The van der Waals surface area contributed by atoms with E-state index in [-0.39, 0.29) is 65.0 Å². The van der Waals surface area contributed by atoms with Gasteiger partial charge in [0.15, 0.2) is 0 Å². The average molecular weight is 487 g/mol. The second kappa shape index (κ2) is 12.7. The Hall–Kier alpha value is -0.910. The molecule has 6 nitrogen and oxygen atoms in total. The van der Waals surface area contributed by atoms with Crippen molar-refractivity contribution in [3.63, 3.8) is 0 Å². The number of benzene rings is 2. The van der Waals surface area contributed by atoms with Crippen LogP contribution in [0.4, 0.5) is 4.39 Å². The number of hydrogen-bond acceptors (Lipinski definition) is 5. The summed E-state index contributed by atoms with van der Waals surface area (Å²) in [6.45, 7) is 3.92. The Bertz CT molecular complexity index is 1230. The Morgan fingerprint density at radius 2 is 1.76 bits per heavy atom. The number of aliphatic hydroxyl groups is 1. The minimum Gasteiger partial charge on any atom is -0.790 e. The molecule has 0 amide bonds. The van der Waals surface area contributed by atoms with Crippen molar-refractivity contribution < 1.29 is 88.0 Å². The van der Waals surface area contributed by atoms with Gasteiger partial charge < -0.3 is 29.0 Å². The van der Waals surface area contributed by atoms with Crippen molar-refractivity contribution in [2.24, 2.45) is 0 Å². The van der Waals surface area contributed by atoms with Crippen LogP contribution in [0.1, 0.15) is 37.4 Å². The van der Waals surface area contributed by atoms with Crippen molar-refractivity contribution in [2.75, 3.05) is 6.16 Å². The van der Waals surface area contributed by atoms with E-state index in [2.05, 4.69) is 11.6 Å². The second-order valence-corrected chi connectivity index (χ2v) is 9.50. The van der Waals surface area contributed by atoms with E-state index in [4.69, 9.17) is 0 Å². The van der Waals surface area contributed by atoms with Gasteiger partial charge in [-0.05, 0) is 53.4 Å². The number of fused-ring (bicyclic) bond motifs is 1. The minimum atomic E-state index is -4.41. The number of carbonyl (C=O) groups excluding carboxylic acids is 1. The number of halogens is 1. The van der Waals surface area contributed by atoms with Crippen molar-refractivity contribution in [1.29, 1.82) is 0 Å². The fourth-order valence-corrected chi connectivity index (χ4v) is 4.60. The van der Waals surface area contributed by atoms with Gasteiger partial charge in [-0.2, -0.15) is 0 Å². The summed E-state index contributed by atoms with van der Waals surface area (Å²) in [6, 6.07) is 13.3. The second-order valence-electron chi connectivity index (χ2n) is 7.57. The van der Waals surface area contributed by atoms with Gasteiger partial charge in [-0.1, -0.05) is 32.0 Å². The van der Waals surface area contributed by atoms with Crippen LogP contribution in [0.3, 0.4) is 0 Å². The van der Waals surface area contributed by atoms with Gasteiger partial charge in [0.2, 0.25) is 0 Å². The molecule has 33 heavy (non-hydrogen) atoms. The molecule has 1 aromatic heterocycles. The third-order valence-corrected chi connectivity index (χ3v) is 6.13. The Balaban J connectivity index is 0.00000272. The summed E-state index contributed by atoms with van der Waals surface area (Å²) in [7, 11) is -4.41. The van der Waals surface area contributed by atoms with Crippen LogP contribution in [0.15, 0.2) is 48.5 Å². The molecule has 10 heteroatoms. The van der Waals surface area contributed by atoms with Gasteiger partial charge in [-0.15, -0.1) is 0 Å². The molecule has 0 aliphatic rings. The quantitative estimate of drug-likeness (QED) is 0.219. The largest absolute Gasteiger partial charge is 1.00 e. The van der Waals surface area contributed by atoms with E-state index in [1.807, 2.05) is 38.1 Å². The maximum absolute atomic E-state index is 13.5. The average Bonchev–Trinajstić information content (AvgIpc) is 3.00. The molecule has 0 spiro atoms. The van der Waals surface area contributed by atoms with Crippen LogP contribution < -0.4 is 69.1 Å². The van der Waals surface area contributed by atoms with Gasteiger partial charge in [0.25, 0.3) is 0 Å². The molecule has 0 saturated heterocycles. The minimum absolute atomic E-state index is 0. The van der Waals surface area contributed by atoms with E-state index < -0.39 is 37.8 Å². The van der Waals surface area contributed by atoms with Gasteiger partial charge in [-0.3, -0.25) is 0 Å². The number of carboxylic acid groups (broad SMARTS) is 1. The van der Waals surface area contributed by atoms with Crippen molar-refractivity contribution in [2.45, 2.75) is 32.3 Å². The number of aliphatic carboxylic acids is 1. The predicted molar refractivity (Wildman–Crippen MR) is 112 cm³/mol. The van der Waals surface area contributed by atoms with Crippen LogP contribution in [-0.4, -0.2) is 27.9 Å². The molecule has 2 unspecified atom stereocenters. The van der Waals surface area contributed by atoms with Crippen LogP contribution >= 0.6 is 7.37 Å². The topological polar surface area (TPSA) is 105 Å². The molecule has 0 bridgehead atoms. The molecule has 0 aliphatic carbocycles. The number of nitrogens with zero attached hydrogens (tertiary/aromatic N) is 1. The molecule has 0 aliphatic heterocycles. The molecule has 162 valence electrons. The summed E-state index contributed by atoms with van der Waals surface area (Å²) in [4.78, 5) is 23.0. The summed E-state index contributed by atoms with van der Waals surface area (Å²) in [6.07, 6.45) is -3.18. The predicted octanol–water partition coefficient (Wildman–Crippen LogP) is -3.65. The Morgan fingerprint density at radius 1 is 1.15 bits per heavy atom. The first-order chi connectivity index (χ1) is 14.6. The Labute approximate surface area is 236 Å². The van der Waals surface area contributed by atoms with Crippen LogP contribution in [0.5, 0.6) is 0 Å². The third-order valence-electron chi connectivity index (χ3n) is 4.77. The molecule has 2 aromatic carbocycles. The van der Waals surface area contributed by atoms with Crippen LogP contribution in [-0.2, 0) is 9.36 Å². The van der Waals surface area contributed by atoms with E-state index in [0.29, 0.717) is 11.4 Å². The van der Waals surface area contributed by atoms with Crippen LogP contribution in [0.25, 0.3) is 16.6 Å². The zero-order valence-corrected chi connectivity index (χ0v) is 23.9. The van der Waals surface area contributed by atoms with Gasteiger partial charge in [0.05, 0.1) is 19.0 Å². The number of aliphatic hydroxyl groups excluding tert-OH is 1. The summed E-state index contributed by atoms with van der Waals surface area (Å²) in [5.74, 6) is 0.797. The van der Waals surface area contributed by atoms with E-state index in [1.165, 1.54) is 12.1 Å². The van der Waals surface area contributed by atoms with Crippen LogP contribution in [0, 0.1) is 17.4 Å². The maximum atomic E-state index is 13.5.